The number of nitrogens with two attached hydrogens (primary N) is 4. The fourth-order valence-corrected chi connectivity index (χ4v) is 1.62. The van der Waals surface area contributed by atoms with Crippen molar-refractivity contribution < 1.29 is 49.3 Å². The number of aliphatic imine (C=N–C) groups is 2. The number of esters is 1. The van der Waals surface area contributed by atoms with E-state index >= 15 is 0 Å². The van der Waals surface area contributed by atoms with Crippen LogP contribution in [0.15, 0.2) is 63.9 Å². The number of hydrogen-bond acceptors (Lipinski definition) is 11. The van der Waals surface area contributed by atoms with Crippen molar-refractivity contribution in [2.24, 2.45) is 38.1 Å². The Hall–Kier alpha value is -3.10. The second kappa shape index (κ2) is 22.6. The van der Waals surface area contributed by atoms with E-state index in [1.807, 2.05) is 18.2 Å². The quantitative estimate of drug-likeness (QED) is 0.0717. The second-order valence-corrected chi connectivity index (χ2v) is 4.71. The van der Waals surface area contributed by atoms with Crippen LogP contribution in [0.3, 0.4) is 0 Å². The molecule has 14 heteroatoms. The van der Waals surface area contributed by atoms with E-state index in [0.717, 1.165) is 25.6 Å². The monoisotopic (exact) mass is 457 g/mol. The van der Waals surface area contributed by atoms with E-state index < -0.39 is 5.97 Å². The molecule has 2 aromatic heterocycles. The first-order valence-electron chi connectivity index (χ1n) is 8.40. The van der Waals surface area contributed by atoms with Crippen LogP contribution in [-0.2, 0) is 4.74 Å². The minimum Gasteiger partial charge on any atom is -0.857 e. The molecule has 170 valence electrons. The van der Waals surface area contributed by atoms with Gasteiger partial charge in [0, 0.05) is 19.5 Å². The summed E-state index contributed by atoms with van der Waals surface area (Å²) in [5.74, 6) is 4.36. The van der Waals surface area contributed by atoms with Crippen molar-refractivity contribution in [2.45, 2.75) is 0 Å². The molecule has 1 aliphatic heterocycles. The number of nitrogens with zero attached hydrogens (tertiary/aromatic N) is 5. The van der Waals surface area contributed by atoms with E-state index in [0.29, 0.717) is 18.2 Å². The Morgan fingerprint density at radius 2 is 1.62 bits per heavy atom. The van der Waals surface area contributed by atoms with Crippen molar-refractivity contribution >= 4 is 23.6 Å². The molecule has 0 amide bonds. The number of carbonyl (C=O) groups is 1. The summed E-state index contributed by atoms with van der Waals surface area (Å²) in [4.78, 5) is 26.6. The summed E-state index contributed by atoms with van der Waals surface area (Å²) in [5.41, 5.74) is 16.8. The number of aliphatic hydroxyl groups is 1. The number of hydrogen-bond donors (Lipinski definition) is 5. The third-order valence-corrected chi connectivity index (χ3v) is 2.81. The van der Waals surface area contributed by atoms with Crippen molar-refractivity contribution in [3.63, 3.8) is 0 Å². The molecular weight excluding hydrogens is 429 g/mol. The number of rotatable bonds is 2. The number of hydrazone groups is 1. The van der Waals surface area contributed by atoms with Gasteiger partial charge < -0.3 is 38.0 Å². The molecule has 0 aromatic carbocycles. The van der Waals surface area contributed by atoms with Gasteiger partial charge in [-0.05, 0) is 24.3 Å². The Labute approximate surface area is 208 Å². The Bertz CT molecular complexity index is 816. The first-order chi connectivity index (χ1) is 15.0. The number of guanidine groups is 2. The zero-order valence-electron chi connectivity index (χ0n) is 18.5. The zero-order chi connectivity index (χ0) is 24.1. The summed E-state index contributed by atoms with van der Waals surface area (Å²) in [6.07, 6.45) is 3.28. The van der Waals surface area contributed by atoms with E-state index in [1.54, 1.807) is 30.6 Å². The van der Waals surface area contributed by atoms with Gasteiger partial charge in [-0.2, -0.15) is 7.11 Å². The standard InChI is InChI=1S/C8H8N4.C7H7NO2.CH6N4.CH4O.CH3O.Na/c9-8-11-5-7(12-8)6-3-1-2-4-10-6;1-10-7(9)6-4-2-3-5-8-6;2-1(3)5-4;2*1-2;/h1-4H,5H2,(H2,9,11);2-5H,1H3;4H2,(H4,2,3,5);2H,1H3;1H3;/q;;;;-1;+1. The first-order valence-corrected chi connectivity index (χ1v) is 8.40. The van der Waals surface area contributed by atoms with Crippen molar-refractivity contribution in [1.29, 1.82) is 0 Å². The molecule has 3 rings (SSSR count). The molecule has 0 spiro atoms. The van der Waals surface area contributed by atoms with Gasteiger partial charge in [-0.3, -0.25) is 4.98 Å². The second-order valence-electron chi connectivity index (χ2n) is 4.71. The molecule has 0 saturated carbocycles. The van der Waals surface area contributed by atoms with Crippen LogP contribution in [0.1, 0.15) is 16.2 Å². The minimum absolute atomic E-state index is 0. The Morgan fingerprint density at radius 1 is 1.09 bits per heavy atom. The van der Waals surface area contributed by atoms with E-state index in [9.17, 15) is 4.79 Å². The van der Waals surface area contributed by atoms with Gasteiger partial charge in [0.2, 0.25) is 11.9 Å². The van der Waals surface area contributed by atoms with Crippen LogP contribution in [0.2, 0.25) is 0 Å². The summed E-state index contributed by atoms with van der Waals surface area (Å²) >= 11 is 0. The summed E-state index contributed by atoms with van der Waals surface area (Å²) in [6, 6.07) is 10.8. The SMILES string of the molecule is CO.COC(=O)c1ccccn1.C[O-].NC1=NCC(c2ccccn2)=N1.NN=C(N)N.[Na+]. The number of aliphatic hydroxyl groups excluding tert-OH is 1. The molecule has 9 N–H and O–H groups in total. The van der Waals surface area contributed by atoms with Gasteiger partial charge in [0.05, 0.1) is 25.1 Å². The van der Waals surface area contributed by atoms with Crippen molar-refractivity contribution in [2.75, 3.05) is 27.9 Å². The molecule has 0 fully saturated rings. The van der Waals surface area contributed by atoms with Gasteiger partial charge in [0.1, 0.15) is 5.69 Å². The van der Waals surface area contributed by atoms with Crippen molar-refractivity contribution in [3.8, 4) is 0 Å². The molecule has 0 aliphatic carbocycles. The summed E-state index contributed by atoms with van der Waals surface area (Å²) in [6.45, 7) is 0.544. The molecule has 3 heterocycles. The maximum Gasteiger partial charge on any atom is 1.00 e. The maximum atomic E-state index is 10.7. The van der Waals surface area contributed by atoms with Crippen molar-refractivity contribution in [3.05, 3.63) is 60.2 Å². The predicted octanol–water partition coefficient (Wildman–Crippen LogP) is -5.21. The number of pyridine rings is 2. The van der Waals surface area contributed by atoms with Crippen LogP contribution < -0.4 is 57.7 Å². The van der Waals surface area contributed by atoms with Crippen molar-refractivity contribution in [1.82, 2.24) is 9.97 Å². The third kappa shape index (κ3) is 15.7. The van der Waals surface area contributed by atoms with E-state index in [1.165, 1.54) is 7.11 Å². The number of ether oxygens (including phenoxy) is 1. The maximum absolute atomic E-state index is 10.7. The summed E-state index contributed by atoms with van der Waals surface area (Å²) in [5, 5.41) is 18.1. The Balaban J connectivity index is -0.000000383. The van der Waals surface area contributed by atoms with Gasteiger partial charge in [-0.15, -0.1) is 5.10 Å². The smallest absolute Gasteiger partial charge is 0.857 e. The van der Waals surface area contributed by atoms with Crippen LogP contribution in [-0.4, -0.2) is 66.5 Å². The Morgan fingerprint density at radius 3 is 1.97 bits per heavy atom. The predicted molar refractivity (Wildman–Crippen MR) is 117 cm³/mol. The fourth-order valence-electron chi connectivity index (χ4n) is 1.62. The largest absolute Gasteiger partial charge is 1.00 e. The molecule has 13 nitrogen and oxygen atoms in total. The number of aromatic nitrogens is 2. The fraction of sp³-hybridized carbons (Fsp3) is 0.222. The zero-order valence-corrected chi connectivity index (χ0v) is 20.5. The third-order valence-electron chi connectivity index (χ3n) is 2.81. The van der Waals surface area contributed by atoms with Gasteiger partial charge >= 0.3 is 35.5 Å². The first kappa shape index (κ1) is 33.5. The number of methoxy groups -OCH3 is 1. The van der Waals surface area contributed by atoms with E-state index in [-0.39, 0.29) is 35.5 Å². The van der Waals surface area contributed by atoms with Gasteiger partial charge in [0.25, 0.3) is 0 Å². The number of carbonyl (C=O) groups excluding carboxylic acids is 1. The van der Waals surface area contributed by atoms with Crippen LogP contribution in [0.4, 0.5) is 0 Å². The molecule has 0 saturated heterocycles. The van der Waals surface area contributed by atoms with Gasteiger partial charge in [-0.25, -0.2) is 19.8 Å². The molecule has 1 aliphatic rings. The topological polar surface area (TPSA) is 237 Å². The Kier molecular flexibility index (Phi) is 23.7. The molecule has 0 unspecified atom stereocenters. The molecule has 32 heavy (non-hydrogen) atoms. The minimum atomic E-state index is -0.402. The van der Waals surface area contributed by atoms with Gasteiger partial charge in [0.15, 0.2) is 0 Å². The van der Waals surface area contributed by atoms with E-state index in [2.05, 4.69) is 35.6 Å². The molecule has 2 aromatic rings. The average Bonchev–Trinajstić information content (AvgIpc) is 3.29. The molecule has 0 radical (unpaired) electrons. The van der Waals surface area contributed by atoms with Crippen LogP contribution in [0, 0.1) is 0 Å². The van der Waals surface area contributed by atoms with E-state index in [4.69, 9.17) is 27.4 Å². The normalized spacial score (nSPS) is 10.0. The molecular formula is C18H28N9NaO4. The van der Waals surface area contributed by atoms with Crippen LogP contribution in [0.5, 0.6) is 0 Å². The van der Waals surface area contributed by atoms with Gasteiger partial charge in [-0.1, -0.05) is 12.1 Å². The summed E-state index contributed by atoms with van der Waals surface area (Å²) in [7, 11) is 3.08. The van der Waals surface area contributed by atoms with Crippen LogP contribution >= 0.6 is 0 Å². The van der Waals surface area contributed by atoms with Crippen LogP contribution in [0.25, 0.3) is 0 Å². The summed E-state index contributed by atoms with van der Waals surface area (Å²) < 4.78 is 4.43. The average molecular weight is 457 g/mol. The molecule has 0 bridgehead atoms. The molecule has 0 atom stereocenters.